The third-order valence-electron chi connectivity index (χ3n) is 5.32. The van der Waals surface area contributed by atoms with E-state index in [9.17, 15) is 32.3 Å². The van der Waals surface area contributed by atoms with Crippen LogP contribution in [0.4, 0.5) is 18.9 Å². The van der Waals surface area contributed by atoms with Gasteiger partial charge in [-0.1, -0.05) is 25.4 Å². The van der Waals surface area contributed by atoms with Crippen LogP contribution in [-0.4, -0.2) is 41.2 Å². The third-order valence-corrected chi connectivity index (χ3v) is 13.1. The van der Waals surface area contributed by atoms with Crippen LogP contribution in [0, 0.1) is 20.2 Å². The average molecular weight is 1000 g/mol. The number of amides is 3. The largest absolute Gasteiger partial charge is 0.454 e. The van der Waals surface area contributed by atoms with E-state index in [1.807, 2.05) is 45.2 Å². The van der Waals surface area contributed by atoms with Crippen LogP contribution in [0.1, 0.15) is 46.5 Å². The average Bonchev–Trinajstić information content (AvgIpc) is 3.08. The molecule has 0 aliphatic carbocycles. The number of hydrogen-bond donors (Lipinski definition) is 1. The molecular formula is C23H16ClF3I4N2O5. The molecular weight excluding hydrogens is 984 g/mol. The van der Waals surface area contributed by atoms with E-state index in [1.54, 1.807) is 13.8 Å². The van der Waals surface area contributed by atoms with Gasteiger partial charge in [0.15, 0.2) is 6.61 Å². The summed E-state index contributed by atoms with van der Waals surface area (Å²) in [6.07, 6.45) is -4.58. The van der Waals surface area contributed by atoms with Crippen molar-refractivity contribution < 1.29 is 37.1 Å². The summed E-state index contributed by atoms with van der Waals surface area (Å²) in [5.74, 6) is -3.34. The van der Waals surface area contributed by atoms with Gasteiger partial charge in [-0.3, -0.25) is 19.3 Å². The van der Waals surface area contributed by atoms with Gasteiger partial charge >= 0.3 is 12.1 Å². The highest BCUT2D eigenvalue weighted by molar-refractivity contribution is 14.1. The summed E-state index contributed by atoms with van der Waals surface area (Å²) in [5, 5.41) is 2.04. The molecule has 3 amide bonds. The molecule has 0 radical (unpaired) electrons. The number of halogens is 8. The van der Waals surface area contributed by atoms with E-state index < -0.39 is 48.1 Å². The van der Waals surface area contributed by atoms with Gasteiger partial charge in [0.2, 0.25) is 0 Å². The maximum atomic E-state index is 13.4. The van der Waals surface area contributed by atoms with Crippen LogP contribution in [0.3, 0.4) is 0 Å². The Kier molecular flexibility index (Phi) is 10.6. The summed E-state index contributed by atoms with van der Waals surface area (Å²) in [6.45, 7) is 2.72. The third kappa shape index (κ3) is 6.69. The minimum Gasteiger partial charge on any atom is -0.454 e. The molecule has 2 aromatic carbocycles. The van der Waals surface area contributed by atoms with Gasteiger partial charge in [0.25, 0.3) is 17.7 Å². The molecule has 1 aliphatic rings. The first-order valence-corrected chi connectivity index (χ1v) is 15.3. The number of esters is 1. The Bertz CT molecular complexity index is 1310. The van der Waals surface area contributed by atoms with Crippen molar-refractivity contribution in [3.63, 3.8) is 0 Å². The maximum absolute atomic E-state index is 13.4. The number of fused-ring (bicyclic) bond motifs is 1. The number of imide groups is 1. The first kappa shape index (κ1) is 32.0. The molecule has 0 saturated heterocycles. The van der Waals surface area contributed by atoms with Crippen LogP contribution < -0.4 is 5.32 Å². The highest BCUT2D eigenvalue weighted by atomic mass is 127. The van der Waals surface area contributed by atoms with Gasteiger partial charge in [-0.05, 0) is 121 Å². The van der Waals surface area contributed by atoms with Crippen molar-refractivity contribution in [1.82, 2.24) is 4.90 Å². The summed E-state index contributed by atoms with van der Waals surface area (Å²) in [4.78, 5) is 53.1. The zero-order valence-electron chi connectivity index (χ0n) is 19.3. The molecule has 0 saturated carbocycles. The number of benzene rings is 2. The first-order chi connectivity index (χ1) is 17.6. The van der Waals surface area contributed by atoms with Crippen molar-refractivity contribution in [3.8, 4) is 0 Å². The molecule has 15 heteroatoms. The normalized spacial score (nSPS) is 14.1. The fraction of sp³-hybridized carbons (Fsp3) is 0.304. The summed E-state index contributed by atoms with van der Waals surface area (Å²) < 4.78 is 46.9. The lowest BCUT2D eigenvalue weighted by Crippen LogP contribution is -2.47. The summed E-state index contributed by atoms with van der Waals surface area (Å²) in [5.41, 5.74) is -0.910. The molecule has 1 unspecified atom stereocenters. The Morgan fingerprint density at radius 2 is 1.53 bits per heavy atom. The molecule has 38 heavy (non-hydrogen) atoms. The molecule has 7 nitrogen and oxygen atoms in total. The Balaban J connectivity index is 1.81. The summed E-state index contributed by atoms with van der Waals surface area (Å²) in [7, 11) is 0. The van der Waals surface area contributed by atoms with Crippen LogP contribution in [0.5, 0.6) is 0 Å². The number of nitrogens with zero attached hydrogens (tertiary/aromatic N) is 1. The zero-order chi connectivity index (χ0) is 28.7. The van der Waals surface area contributed by atoms with E-state index in [0.717, 1.165) is 24.2 Å². The fourth-order valence-corrected chi connectivity index (χ4v) is 7.44. The van der Waals surface area contributed by atoms with Crippen molar-refractivity contribution in [2.75, 3.05) is 11.9 Å². The second-order valence-electron chi connectivity index (χ2n) is 8.48. The smallest absolute Gasteiger partial charge is 0.416 e. The highest BCUT2D eigenvalue weighted by Gasteiger charge is 2.47. The van der Waals surface area contributed by atoms with E-state index in [0.29, 0.717) is 13.2 Å². The van der Waals surface area contributed by atoms with Gasteiger partial charge in [0.05, 0.1) is 27.4 Å². The molecule has 3 rings (SSSR count). The van der Waals surface area contributed by atoms with E-state index in [-0.39, 0.29) is 34.2 Å². The monoisotopic (exact) mass is 1000 g/mol. The SMILES string of the molecule is CC(C)CC(C(=O)OCC(=O)Nc1cc(C(F)(F)F)ccc1Cl)N1C(=O)c2c(I)c(I)c(I)c(I)c2C1=O. The zero-order valence-corrected chi connectivity index (χ0v) is 28.7. The summed E-state index contributed by atoms with van der Waals surface area (Å²) >= 11 is 14.1. The lowest BCUT2D eigenvalue weighted by Gasteiger charge is -2.26. The number of ether oxygens (including phenoxy) is 1. The van der Waals surface area contributed by atoms with Crippen molar-refractivity contribution in [2.45, 2.75) is 32.5 Å². The lowest BCUT2D eigenvalue weighted by atomic mass is 10.0. The number of anilines is 1. The molecule has 0 bridgehead atoms. The van der Waals surface area contributed by atoms with E-state index >= 15 is 0 Å². The number of carbonyl (C=O) groups excluding carboxylic acids is 4. The molecule has 1 heterocycles. The quantitative estimate of drug-likeness (QED) is 0.107. The molecule has 1 atom stereocenters. The molecule has 0 spiro atoms. The fourth-order valence-electron chi connectivity index (χ4n) is 3.62. The van der Waals surface area contributed by atoms with Crippen LogP contribution >= 0.6 is 102 Å². The van der Waals surface area contributed by atoms with Crippen molar-refractivity contribution >= 4 is 131 Å². The predicted molar refractivity (Wildman–Crippen MR) is 167 cm³/mol. The van der Waals surface area contributed by atoms with Gasteiger partial charge < -0.3 is 10.1 Å². The predicted octanol–water partition coefficient (Wildman–Crippen LogP) is 6.97. The molecule has 1 N–H and O–H groups in total. The van der Waals surface area contributed by atoms with Gasteiger partial charge in [0.1, 0.15) is 6.04 Å². The van der Waals surface area contributed by atoms with Crippen molar-refractivity contribution in [3.05, 3.63) is 54.2 Å². The second-order valence-corrected chi connectivity index (χ2v) is 13.2. The summed E-state index contributed by atoms with van der Waals surface area (Å²) in [6, 6.07) is 1.10. The van der Waals surface area contributed by atoms with Crippen molar-refractivity contribution in [1.29, 1.82) is 0 Å². The van der Waals surface area contributed by atoms with Crippen LogP contribution in [0.25, 0.3) is 0 Å². The minimum absolute atomic E-state index is 0.0761. The van der Waals surface area contributed by atoms with Gasteiger partial charge in [-0.25, -0.2) is 4.79 Å². The highest BCUT2D eigenvalue weighted by Crippen LogP contribution is 2.39. The lowest BCUT2D eigenvalue weighted by molar-refractivity contribution is -0.151. The standard InChI is InChI=1S/C23H16ClF3I4N2O5/c1-8(2)5-12(33-20(35)14-15(21(33)36)17(29)19(31)18(30)16(14)28)22(37)38-7-13(34)32-11-6-9(23(25,26)27)3-4-10(11)24/h3-4,6,8,12H,5,7H2,1-2H3,(H,32,34). The molecule has 1 aliphatic heterocycles. The number of rotatable bonds is 7. The Morgan fingerprint density at radius 1 is 1.00 bits per heavy atom. The molecule has 0 aromatic heterocycles. The Morgan fingerprint density at radius 3 is 2.00 bits per heavy atom. The number of hydrogen-bond acceptors (Lipinski definition) is 5. The molecule has 2 aromatic rings. The second kappa shape index (κ2) is 12.6. The molecule has 0 fully saturated rings. The maximum Gasteiger partial charge on any atom is 0.416 e. The van der Waals surface area contributed by atoms with E-state index in [2.05, 4.69) is 50.5 Å². The van der Waals surface area contributed by atoms with E-state index in [1.165, 1.54) is 0 Å². The van der Waals surface area contributed by atoms with E-state index in [4.69, 9.17) is 16.3 Å². The topological polar surface area (TPSA) is 92.8 Å². The van der Waals surface area contributed by atoms with Crippen molar-refractivity contribution in [2.24, 2.45) is 5.92 Å². The van der Waals surface area contributed by atoms with Gasteiger partial charge in [-0.2, -0.15) is 13.2 Å². The number of nitrogens with one attached hydrogen (secondary N) is 1. The molecule has 204 valence electrons. The Labute approximate surface area is 274 Å². The first-order valence-electron chi connectivity index (χ1n) is 10.6. The van der Waals surface area contributed by atoms with Crippen LogP contribution in [-0.2, 0) is 20.5 Å². The van der Waals surface area contributed by atoms with Gasteiger partial charge in [0, 0.05) is 14.3 Å². The minimum atomic E-state index is -4.65. The number of alkyl halides is 3. The number of carbonyl (C=O) groups is 4. The Hall–Kier alpha value is -0.480. The van der Waals surface area contributed by atoms with Crippen LogP contribution in [0.2, 0.25) is 5.02 Å². The van der Waals surface area contributed by atoms with Gasteiger partial charge in [-0.15, -0.1) is 0 Å². The van der Waals surface area contributed by atoms with Crippen LogP contribution in [0.15, 0.2) is 18.2 Å².